The van der Waals surface area contributed by atoms with Gasteiger partial charge in [0.25, 0.3) is 10.0 Å². The molecule has 2 rings (SSSR count). The smallest absolute Gasteiger partial charge is 0.266 e. The molecule has 0 spiro atoms. The van der Waals surface area contributed by atoms with Gasteiger partial charge in [-0.3, -0.25) is 4.99 Å². The van der Waals surface area contributed by atoms with Crippen LogP contribution in [0.2, 0.25) is 5.02 Å². The topological polar surface area (TPSA) is 70.6 Å². The molecule has 5 nitrogen and oxygen atoms in total. The molecule has 0 unspecified atom stereocenters. The van der Waals surface area contributed by atoms with Crippen LogP contribution in [0.4, 0.5) is 5.69 Å². The Kier molecular flexibility index (Phi) is 2.32. The minimum Gasteiger partial charge on any atom is -0.324 e. The molecule has 0 radical (unpaired) electrons. The van der Waals surface area contributed by atoms with Gasteiger partial charge in [-0.05, 0) is 18.2 Å². The zero-order valence-corrected chi connectivity index (χ0v) is 9.35. The van der Waals surface area contributed by atoms with Gasteiger partial charge in [-0.2, -0.15) is 0 Å². The Hall–Kier alpha value is -1.27. The first-order chi connectivity index (χ1) is 7.03. The number of hydrogen-bond donors (Lipinski definition) is 2. The van der Waals surface area contributed by atoms with Crippen LogP contribution in [0.1, 0.15) is 0 Å². The van der Waals surface area contributed by atoms with E-state index < -0.39 is 10.0 Å². The Morgan fingerprint density at radius 2 is 2.13 bits per heavy atom. The van der Waals surface area contributed by atoms with E-state index in [0.717, 1.165) is 0 Å². The van der Waals surface area contributed by atoms with Gasteiger partial charge in [0, 0.05) is 12.1 Å². The van der Waals surface area contributed by atoms with E-state index in [1.54, 1.807) is 12.1 Å². The zero-order chi connectivity index (χ0) is 11.1. The Morgan fingerprint density at radius 1 is 1.40 bits per heavy atom. The van der Waals surface area contributed by atoms with E-state index in [9.17, 15) is 8.42 Å². The van der Waals surface area contributed by atoms with Crippen LogP contribution in [0.25, 0.3) is 0 Å². The predicted octanol–water partition coefficient (Wildman–Crippen LogP) is 1.03. The fourth-order valence-electron chi connectivity index (χ4n) is 1.26. The molecule has 0 bridgehead atoms. The molecule has 1 aliphatic rings. The van der Waals surface area contributed by atoms with Gasteiger partial charge in [0.15, 0.2) is 0 Å². The monoisotopic (exact) mass is 245 g/mol. The summed E-state index contributed by atoms with van der Waals surface area (Å²) in [5.74, 6) is 0.199. The van der Waals surface area contributed by atoms with Crippen molar-refractivity contribution in [3.63, 3.8) is 0 Å². The summed E-state index contributed by atoms with van der Waals surface area (Å²) in [6, 6.07) is 4.60. The molecule has 7 heteroatoms. The molecule has 0 aliphatic carbocycles. The highest BCUT2D eigenvalue weighted by Crippen LogP contribution is 2.27. The van der Waals surface area contributed by atoms with Crippen molar-refractivity contribution in [2.24, 2.45) is 4.99 Å². The molecular weight excluding hydrogens is 238 g/mol. The van der Waals surface area contributed by atoms with E-state index >= 15 is 0 Å². The molecule has 2 N–H and O–H groups in total. The largest absolute Gasteiger partial charge is 0.324 e. The summed E-state index contributed by atoms with van der Waals surface area (Å²) < 4.78 is 25.7. The van der Waals surface area contributed by atoms with Crippen molar-refractivity contribution in [2.75, 3.05) is 12.4 Å². The van der Waals surface area contributed by atoms with Crippen LogP contribution in [0, 0.1) is 0 Å². The number of rotatable bonds is 0. The predicted molar refractivity (Wildman–Crippen MR) is 58.8 cm³/mol. The summed E-state index contributed by atoms with van der Waals surface area (Å²) in [6.07, 6.45) is 0. The van der Waals surface area contributed by atoms with Crippen molar-refractivity contribution >= 4 is 33.3 Å². The number of hydrogen-bond acceptors (Lipinski definition) is 3. The van der Waals surface area contributed by atoms with Crippen LogP contribution >= 0.6 is 11.6 Å². The van der Waals surface area contributed by atoms with Crippen molar-refractivity contribution in [1.82, 2.24) is 4.72 Å². The van der Waals surface area contributed by atoms with Crippen LogP contribution in [-0.4, -0.2) is 21.4 Å². The van der Waals surface area contributed by atoms with Gasteiger partial charge in [-0.25, -0.2) is 13.1 Å². The fourth-order valence-corrected chi connectivity index (χ4v) is 2.69. The first-order valence-corrected chi connectivity index (χ1v) is 5.95. The van der Waals surface area contributed by atoms with Crippen LogP contribution in [-0.2, 0) is 10.0 Å². The van der Waals surface area contributed by atoms with Gasteiger partial charge in [0.1, 0.15) is 4.90 Å². The van der Waals surface area contributed by atoms with Crippen LogP contribution in [0.5, 0.6) is 0 Å². The molecule has 0 saturated heterocycles. The first-order valence-electron chi connectivity index (χ1n) is 4.09. The lowest BCUT2D eigenvalue weighted by Gasteiger charge is -2.20. The lowest BCUT2D eigenvalue weighted by Crippen LogP contribution is -2.40. The number of nitrogens with one attached hydrogen (secondary N) is 2. The van der Waals surface area contributed by atoms with Crippen molar-refractivity contribution in [1.29, 1.82) is 0 Å². The SMILES string of the molecule is CN=C1Nc2ccc(Cl)cc2S(=O)(=O)N1. The van der Waals surface area contributed by atoms with Gasteiger partial charge >= 0.3 is 0 Å². The molecule has 1 heterocycles. The highest BCUT2D eigenvalue weighted by atomic mass is 35.5. The third-order valence-electron chi connectivity index (χ3n) is 1.94. The minimum atomic E-state index is -3.55. The lowest BCUT2D eigenvalue weighted by atomic mass is 10.3. The molecule has 80 valence electrons. The molecule has 0 atom stereocenters. The maximum atomic E-state index is 11.7. The highest BCUT2D eigenvalue weighted by Gasteiger charge is 2.26. The highest BCUT2D eigenvalue weighted by molar-refractivity contribution is 7.90. The van der Waals surface area contributed by atoms with E-state index in [4.69, 9.17) is 11.6 Å². The zero-order valence-electron chi connectivity index (χ0n) is 7.78. The number of sulfonamides is 1. The van der Waals surface area contributed by atoms with Crippen LogP contribution in [0.3, 0.4) is 0 Å². The summed E-state index contributed by atoms with van der Waals surface area (Å²) in [4.78, 5) is 3.87. The number of halogens is 1. The number of nitrogens with zero attached hydrogens (tertiary/aromatic N) is 1. The van der Waals surface area contributed by atoms with Crippen LogP contribution in [0.15, 0.2) is 28.1 Å². The van der Waals surface area contributed by atoms with Crippen molar-refractivity contribution in [3.05, 3.63) is 23.2 Å². The van der Waals surface area contributed by atoms with Crippen molar-refractivity contribution in [2.45, 2.75) is 4.90 Å². The summed E-state index contributed by atoms with van der Waals surface area (Å²) in [5, 5.41) is 3.20. The standard InChI is InChI=1S/C8H8ClN3O2S/c1-10-8-11-6-3-2-5(9)4-7(6)15(13,14)12-8/h2-4H,1H3,(H2,10,11,12). The van der Waals surface area contributed by atoms with Crippen LogP contribution < -0.4 is 10.0 Å². The summed E-state index contributed by atoms with van der Waals surface area (Å²) >= 11 is 5.72. The number of aliphatic imine (C=N–C) groups is 1. The summed E-state index contributed by atoms with van der Waals surface area (Å²) in [6.45, 7) is 0. The van der Waals surface area contributed by atoms with Gasteiger partial charge in [-0.15, -0.1) is 0 Å². The Morgan fingerprint density at radius 3 is 2.80 bits per heavy atom. The first kappa shape index (κ1) is 10.3. The maximum absolute atomic E-state index is 11.7. The molecule has 15 heavy (non-hydrogen) atoms. The summed E-state index contributed by atoms with van der Waals surface area (Å²) in [5.41, 5.74) is 0.471. The second-order valence-electron chi connectivity index (χ2n) is 2.94. The Bertz CT molecular complexity index is 539. The average Bonchev–Trinajstić information content (AvgIpc) is 2.18. The van der Waals surface area contributed by atoms with Crippen molar-refractivity contribution < 1.29 is 8.42 Å². The maximum Gasteiger partial charge on any atom is 0.266 e. The van der Waals surface area contributed by atoms with E-state index in [1.165, 1.54) is 13.1 Å². The van der Waals surface area contributed by atoms with Gasteiger partial charge in [-0.1, -0.05) is 11.6 Å². The van der Waals surface area contributed by atoms with Crippen molar-refractivity contribution in [3.8, 4) is 0 Å². The number of guanidine groups is 1. The van der Waals surface area contributed by atoms with Gasteiger partial charge < -0.3 is 5.32 Å². The average molecular weight is 246 g/mol. The Balaban J connectivity index is 2.66. The molecule has 0 fully saturated rings. The molecule has 1 aliphatic heterocycles. The molecule has 0 aromatic heterocycles. The normalized spacial score (nSPS) is 20.3. The number of benzene rings is 1. The number of anilines is 1. The second-order valence-corrected chi connectivity index (χ2v) is 5.03. The second kappa shape index (κ2) is 3.39. The van der Waals surface area contributed by atoms with E-state index in [0.29, 0.717) is 10.7 Å². The molecule has 1 aromatic carbocycles. The summed E-state index contributed by atoms with van der Waals surface area (Å²) in [7, 11) is -2.06. The molecule has 0 amide bonds. The van der Waals surface area contributed by atoms with Gasteiger partial charge in [0.2, 0.25) is 5.96 Å². The fraction of sp³-hybridized carbons (Fsp3) is 0.125. The molecular formula is C8H8ClN3O2S. The third-order valence-corrected chi connectivity index (χ3v) is 3.55. The van der Waals surface area contributed by atoms with Gasteiger partial charge in [0.05, 0.1) is 5.69 Å². The lowest BCUT2D eigenvalue weighted by molar-refractivity contribution is 0.592. The molecule has 0 saturated carbocycles. The van der Waals surface area contributed by atoms with E-state index in [-0.39, 0.29) is 10.9 Å². The Labute approximate surface area is 92.2 Å². The van der Waals surface area contributed by atoms with E-state index in [1.807, 2.05) is 0 Å². The van der Waals surface area contributed by atoms with E-state index in [2.05, 4.69) is 15.0 Å². The number of fused-ring (bicyclic) bond motifs is 1. The minimum absolute atomic E-state index is 0.127. The third kappa shape index (κ3) is 1.78. The quantitative estimate of drug-likeness (QED) is 0.717. The molecule has 1 aromatic rings.